The van der Waals surface area contributed by atoms with Gasteiger partial charge in [0.15, 0.2) is 0 Å². The van der Waals surface area contributed by atoms with Gasteiger partial charge in [0.2, 0.25) is 0 Å². The smallest absolute Gasteiger partial charge is 0.407 e. The number of amides is 1. The van der Waals surface area contributed by atoms with E-state index in [-0.39, 0.29) is 18.1 Å². The number of carbonyl (C=O) groups excluding carboxylic acids is 1. The molecule has 20 heavy (non-hydrogen) atoms. The van der Waals surface area contributed by atoms with Crippen molar-refractivity contribution in [3.63, 3.8) is 0 Å². The van der Waals surface area contributed by atoms with E-state index in [1.165, 1.54) is 5.56 Å². The molecular formula is C15H21ClN2O2. The summed E-state index contributed by atoms with van der Waals surface area (Å²) in [6.07, 6.45) is -0.370. The molecule has 0 spiro atoms. The Morgan fingerprint density at radius 2 is 1.95 bits per heavy atom. The van der Waals surface area contributed by atoms with Crippen LogP contribution in [0, 0.1) is 0 Å². The van der Waals surface area contributed by atoms with Gasteiger partial charge in [-0.2, -0.15) is 0 Å². The van der Waals surface area contributed by atoms with Crippen molar-refractivity contribution in [2.24, 2.45) is 0 Å². The van der Waals surface area contributed by atoms with Crippen LogP contribution >= 0.6 is 11.6 Å². The monoisotopic (exact) mass is 296 g/mol. The van der Waals surface area contributed by atoms with Gasteiger partial charge in [0.05, 0.1) is 6.04 Å². The molecule has 2 atom stereocenters. The normalized spacial score (nSPS) is 22.6. The molecule has 0 radical (unpaired) electrons. The van der Waals surface area contributed by atoms with Gasteiger partial charge in [-0.05, 0) is 38.5 Å². The molecule has 1 aliphatic heterocycles. The van der Waals surface area contributed by atoms with Crippen molar-refractivity contribution in [1.82, 2.24) is 10.6 Å². The number of hydrogen-bond donors (Lipinski definition) is 2. The quantitative estimate of drug-likeness (QED) is 0.882. The highest BCUT2D eigenvalue weighted by atomic mass is 35.5. The fourth-order valence-corrected chi connectivity index (χ4v) is 2.48. The molecule has 0 aromatic heterocycles. The summed E-state index contributed by atoms with van der Waals surface area (Å²) in [4.78, 5) is 11.9. The number of halogens is 1. The fraction of sp³-hybridized carbons (Fsp3) is 0.533. The molecule has 0 saturated carbocycles. The first-order chi connectivity index (χ1) is 9.35. The van der Waals surface area contributed by atoms with Crippen LogP contribution in [0.2, 0.25) is 5.02 Å². The first-order valence-corrected chi connectivity index (χ1v) is 7.18. The SMILES string of the molecule is CC(C)(C)OC(=O)N[C@@H]1CNC[C@H]1c1ccc(Cl)cc1. The largest absolute Gasteiger partial charge is 0.444 e. The van der Waals surface area contributed by atoms with Crippen LogP contribution < -0.4 is 10.6 Å². The second-order valence-corrected chi connectivity index (χ2v) is 6.51. The van der Waals surface area contributed by atoms with E-state index in [2.05, 4.69) is 10.6 Å². The van der Waals surface area contributed by atoms with Gasteiger partial charge in [0, 0.05) is 24.0 Å². The molecule has 1 fully saturated rings. The third-order valence-corrected chi connectivity index (χ3v) is 3.47. The lowest BCUT2D eigenvalue weighted by atomic mass is 9.94. The zero-order chi connectivity index (χ0) is 14.8. The highest BCUT2D eigenvalue weighted by Crippen LogP contribution is 2.24. The lowest BCUT2D eigenvalue weighted by molar-refractivity contribution is 0.0504. The molecule has 5 heteroatoms. The van der Waals surface area contributed by atoms with Crippen molar-refractivity contribution in [3.8, 4) is 0 Å². The van der Waals surface area contributed by atoms with E-state index in [0.717, 1.165) is 18.1 Å². The Bertz CT molecular complexity index is 468. The number of carbonyl (C=O) groups is 1. The van der Waals surface area contributed by atoms with Gasteiger partial charge in [-0.15, -0.1) is 0 Å². The van der Waals surface area contributed by atoms with Crippen LogP contribution in [0.25, 0.3) is 0 Å². The molecule has 2 rings (SSSR count). The summed E-state index contributed by atoms with van der Waals surface area (Å²) in [5, 5.41) is 6.96. The van der Waals surface area contributed by atoms with Gasteiger partial charge in [-0.3, -0.25) is 0 Å². The molecular weight excluding hydrogens is 276 g/mol. The Morgan fingerprint density at radius 3 is 2.55 bits per heavy atom. The number of nitrogens with one attached hydrogen (secondary N) is 2. The topological polar surface area (TPSA) is 50.4 Å². The van der Waals surface area contributed by atoms with Crippen LogP contribution in [-0.2, 0) is 4.74 Å². The molecule has 1 aliphatic rings. The number of rotatable bonds is 2. The Kier molecular flexibility index (Phi) is 4.55. The summed E-state index contributed by atoms with van der Waals surface area (Å²) in [5.41, 5.74) is 0.687. The third-order valence-electron chi connectivity index (χ3n) is 3.21. The van der Waals surface area contributed by atoms with Crippen LogP contribution in [-0.4, -0.2) is 30.8 Å². The molecule has 1 amide bonds. The highest BCUT2D eigenvalue weighted by molar-refractivity contribution is 6.30. The van der Waals surface area contributed by atoms with Crippen molar-refractivity contribution in [3.05, 3.63) is 34.9 Å². The molecule has 0 bridgehead atoms. The Labute approximate surface area is 124 Å². The van der Waals surface area contributed by atoms with E-state index in [1.807, 2.05) is 45.0 Å². The summed E-state index contributed by atoms with van der Waals surface area (Å²) in [6, 6.07) is 7.79. The maximum atomic E-state index is 11.9. The van der Waals surface area contributed by atoms with Gasteiger partial charge in [-0.25, -0.2) is 4.79 Å². The van der Waals surface area contributed by atoms with Crippen LogP contribution in [0.5, 0.6) is 0 Å². The number of ether oxygens (including phenoxy) is 1. The predicted molar refractivity (Wildman–Crippen MR) is 80.2 cm³/mol. The number of hydrogen-bond acceptors (Lipinski definition) is 3. The zero-order valence-electron chi connectivity index (χ0n) is 12.1. The average molecular weight is 297 g/mol. The second kappa shape index (κ2) is 6.02. The lowest BCUT2D eigenvalue weighted by Crippen LogP contribution is -2.42. The molecule has 1 heterocycles. The molecule has 1 aromatic carbocycles. The Hall–Kier alpha value is -1.26. The van der Waals surface area contributed by atoms with Crippen molar-refractivity contribution >= 4 is 17.7 Å². The Morgan fingerprint density at radius 1 is 1.30 bits per heavy atom. The van der Waals surface area contributed by atoms with Crippen molar-refractivity contribution in [2.75, 3.05) is 13.1 Å². The van der Waals surface area contributed by atoms with Crippen LogP contribution in [0.3, 0.4) is 0 Å². The van der Waals surface area contributed by atoms with Crippen molar-refractivity contribution in [1.29, 1.82) is 0 Å². The van der Waals surface area contributed by atoms with E-state index in [1.54, 1.807) is 0 Å². The number of benzene rings is 1. The third kappa shape index (κ3) is 4.12. The maximum Gasteiger partial charge on any atom is 0.407 e. The van der Waals surface area contributed by atoms with Crippen LogP contribution in [0.1, 0.15) is 32.3 Å². The lowest BCUT2D eigenvalue weighted by Gasteiger charge is -2.24. The van der Waals surface area contributed by atoms with Crippen LogP contribution in [0.4, 0.5) is 4.79 Å². The first-order valence-electron chi connectivity index (χ1n) is 6.81. The van der Waals surface area contributed by atoms with Gasteiger partial charge >= 0.3 is 6.09 Å². The van der Waals surface area contributed by atoms with E-state index in [0.29, 0.717) is 0 Å². The first kappa shape index (κ1) is 15.1. The van der Waals surface area contributed by atoms with Crippen molar-refractivity contribution < 1.29 is 9.53 Å². The van der Waals surface area contributed by atoms with E-state index >= 15 is 0 Å². The van der Waals surface area contributed by atoms with Crippen molar-refractivity contribution in [2.45, 2.75) is 38.3 Å². The summed E-state index contributed by atoms with van der Waals surface area (Å²) < 4.78 is 5.30. The van der Waals surface area contributed by atoms with Gasteiger partial charge in [0.25, 0.3) is 0 Å². The minimum Gasteiger partial charge on any atom is -0.444 e. The van der Waals surface area contributed by atoms with Gasteiger partial charge < -0.3 is 15.4 Å². The molecule has 110 valence electrons. The standard InChI is InChI=1S/C15H21ClN2O2/c1-15(2,3)20-14(19)18-13-9-17-8-12(13)10-4-6-11(16)7-5-10/h4-7,12-13,17H,8-9H2,1-3H3,(H,18,19)/t12-,13+/m0/s1. The Balaban J connectivity index is 2.00. The minimum atomic E-state index is -0.480. The summed E-state index contributed by atoms with van der Waals surface area (Å²) in [6.45, 7) is 7.15. The molecule has 0 aliphatic carbocycles. The van der Waals surface area contributed by atoms with E-state index in [4.69, 9.17) is 16.3 Å². The summed E-state index contributed by atoms with van der Waals surface area (Å²) in [5.74, 6) is 0.236. The summed E-state index contributed by atoms with van der Waals surface area (Å²) in [7, 11) is 0. The molecule has 1 aromatic rings. The maximum absolute atomic E-state index is 11.9. The molecule has 2 N–H and O–H groups in total. The van der Waals surface area contributed by atoms with Crippen LogP contribution in [0.15, 0.2) is 24.3 Å². The average Bonchev–Trinajstić information content (AvgIpc) is 2.75. The van der Waals surface area contributed by atoms with E-state index in [9.17, 15) is 4.79 Å². The molecule has 1 saturated heterocycles. The van der Waals surface area contributed by atoms with Gasteiger partial charge in [0.1, 0.15) is 5.60 Å². The molecule has 4 nitrogen and oxygen atoms in total. The highest BCUT2D eigenvalue weighted by Gasteiger charge is 2.31. The summed E-state index contributed by atoms with van der Waals surface area (Å²) >= 11 is 5.91. The second-order valence-electron chi connectivity index (χ2n) is 6.07. The zero-order valence-corrected chi connectivity index (χ0v) is 12.8. The molecule has 0 unspecified atom stereocenters. The van der Waals surface area contributed by atoms with E-state index < -0.39 is 5.60 Å². The number of alkyl carbamates (subject to hydrolysis) is 1. The predicted octanol–water partition coefficient (Wildman–Crippen LogP) is 2.92. The minimum absolute atomic E-state index is 0.0334. The fourth-order valence-electron chi connectivity index (χ4n) is 2.35. The van der Waals surface area contributed by atoms with Gasteiger partial charge in [-0.1, -0.05) is 23.7 Å².